The van der Waals surface area contributed by atoms with E-state index in [1.54, 1.807) is 0 Å². The molecule has 1 saturated heterocycles. The van der Waals surface area contributed by atoms with E-state index in [4.69, 9.17) is 0 Å². The van der Waals surface area contributed by atoms with Crippen molar-refractivity contribution in [1.82, 2.24) is 4.90 Å². The molecule has 1 aliphatic heterocycles. The highest BCUT2D eigenvalue weighted by Gasteiger charge is 2.26. The molecule has 1 aliphatic rings. The second kappa shape index (κ2) is 4.27. The molecule has 0 unspecified atom stereocenters. The van der Waals surface area contributed by atoms with Crippen LogP contribution in [-0.2, 0) is 0 Å². The summed E-state index contributed by atoms with van der Waals surface area (Å²) in [6, 6.07) is 1.58. The van der Waals surface area contributed by atoms with Gasteiger partial charge in [-0.25, -0.2) is 0 Å². The normalized spacial score (nSPS) is 27.0. The summed E-state index contributed by atoms with van der Waals surface area (Å²) in [6.45, 7) is 10.7. The Morgan fingerprint density at radius 2 is 1.75 bits per heavy atom. The molecule has 1 atom stereocenters. The lowest BCUT2D eigenvalue weighted by Crippen LogP contribution is -2.46. The van der Waals surface area contributed by atoms with Crippen LogP contribution in [0.5, 0.6) is 0 Å². The molecule has 0 aromatic rings. The maximum absolute atomic E-state index is 2.67. The number of rotatable bonds is 2. The molecule has 12 heavy (non-hydrogen) atoms. The molecule has 0 aromatic heterocycles. The summed E-state index contributed by atoms with van der Waals surface area (Å²) in [5.74, 6) is 0.827. The fraction of sp³-hybridized carbons (Fsp3) is 1.00. The second-order valence-corrected chi connectivity index (χ2v) is 4.64. The van der Waals surface area contributed by atoms with Gasteiger partial charge in [0.2, 0.25) is 0 Å². The molecule has 0 radical (unpaired) electrons. The van der Waals surface area contributed by atoms with Crippen molar-refractivity contribution in [3.8, 4) is 0 Å². The topological polar surface area (TPSA) is 3.24 Å². The first-order valence-electron chi connectivity index (χ1n) is 5.38. The average Bonchev–Trinajstić information content (AvgIpc) is 2.04. The van der Waals surface area contributed by atoms with Gasteiger partial charge in [0.1, 0.15) is 0 Å². The maximum Gasteiger partial charge on any atom is 0.0121 e. The van der Waals surface area contributed by atoms with Gasteiger partial charge in [0, 0.05) is 12.1 Å². The zero-order valence-electron chi connectivity index (χ0n) is 9.01. The molecule has 1 heteroatoms. The van der Waals surface area contributed by atoms with Crippen molar-refractivity contribution in [2.75, 3.05) is 6.54 Å². The third kappa shape index (κ3) is 2.22. The molecule has 1 heterocycles. The van der Waals surface area contributed by atoms with Crippen LogP contribution in [0.15, 0.2) is 0 Å². The van der Waals surface area contributed by atoms with Gasteiger partial charge in [-0.2, -0.15) is 0 Å². The summed E-state index contributed by atoms with van der Waals surface area (Å²) < 4.78 is 0. The molecule has 0 amide bonds. The van der Waals surface area contributed by atoms with Gasteiger partial charge >= 0.3 is 0 Å². The third-order valence-electron chi connectivity index (χ3n) is 3.03. The van der Waals surface area contributed by atoms with E-state index in [0.717, 1.165) is 18.0 Å². The molecular formula is C11H23N. The van der Waals surface area contributed by atoms with E-state index in [0.29, 0.717) is 0 Å². The minimum Gasteiger partial charge on any atom is -0.298 e. The van der Waals surface area contributed by atoms with E-state index in [9.17, 15) is 0 Å². The molecule has 0 N–H and O–H groups in total. The van der Waals surface area contributed by atoms with E-state index >= 15 is 0 Å². The Morgan fingerprint density at radius 1 is 1.08 bits per heavy atom. The lowest BCUT2D eigenvalue weighted by atomic mass is 9.92. The van der Waals surface area contributed by atoms with Crippen molar-refractivity contribution >= 4 is 0 Å². The number of likely N-dealkylation sites (tertiary alicyclic amines) is 1. The molecule has 1 fully saturated rings. The largest absolute Gasteiger partial charge is 0.298 e. The zero-order valence-corrected chi connectivity index (χ0v) is 9.01. The van der Waals surface area contributed by atoms with Crippen molar-refractivity contribution in [1.29, 1.82) is 0 Å². The van der Waals surface area contributed by atoms with Crippen molar-refractivity contribution in [2.24, 2.45) is 5.92 Å². The molecule has 0 saturated carbocycles. The highest BCUT2D eigenvalue weighted by molar-refractivity contribution is 4.81. The molecule has 72 valence electrons. The van der Waals surface area contributed by atoms with Gasteiger partial charge in [-0.1, -0.05) is 20.3 Å². The van der Waals surface area contributed by atoms with Crippen molar-refractivity contribution < 1.29 is 0 Å². The summed E-state index contributed by atoms with van der Waals surface area (Å²) in [7, 11) is 0. The van der Waals surface area contributed by atoms with E-state index in [-0.39, 0.29) is 0 Å². The molecule has 0 aromatic carbocycles. The lowest BCUT2D eigenvalue weighted by Gasteiger charge is -2.40. The van der Waals surface area contributed by atoms with Gasteiger partial charge < -0.3 is 0 Å². The highest BCUT2D eigenvalue weighted by atomic mass is 15.2. The van der Waals surface area contributed by atoms with Crippen LogP contribution in [0.2, 0.25) is 0 Å². The van der Waals surface area contributed by atoms with Crippen LogP contribution in [0.4, 0.5) is 0 Å². The molecule has 0 aliphatic carbocycles. The summed E-state index contributed by atoms with van der Waals surface area (Å²) in [5.41, 5.74) is 0. The minimum atomic E-state index is 0.734. The monoisotopic (exact) mass is 169 g/mol. The molecule has 0 spiro atoms. The summed E-state index contributed by atoms with van der Waals surface area (Å²) in [4.78, 5) is 2.67. The van der Waals surface area contributed by atoms with E-state index < -0.39 is 0 Å². The van der Waals surface area contributed by atoms with Gasteiger partial charge in [-0.15, -0.1) is 0 Å². The lowest BCUT2D eigenvalue weighted by molar-refractivity contribution is 0.0808. The van der Waals surface area contributed by atoms with Crippen molar-refractivity contribution in [2.45, 2.75) is 59.0 Å². The average molecular weight is 169 g/mol. The predicted octanol–water partition coefficient (Wildman–Crippen LogP) is 2.91. The molecule has 0 bridgehead atoms. The van der Waals surface area contributed by atoms with Gasteiger partial charge in [-0.05, 0) is 39.2 Å². The predicted molar refractivity (Wildman–Crippen MR) is 54.3 cm³/mol. The molecule has 1 rings (SSSR count). The number of hydrogen-bond acceptors (Lipinski definition) is 1. The van der Waals surface area contributed by atoms with E-state index in [2.05, 4.69) is 32.6 Å². The Hall–Kier alpha value is -0.0400. The number of hydrogen-bond donors (Lipinski definition) is 0. The third-order valence-corrected chi connectivity index (χ3v) is 3.03. The van der Waals surface area contributed by atoms with Crippen LogP contribution in [0, 0.1) is 5.92 Å². The van der Waals surface area contributed by atoms with Crippen LogP contribution in [0.3, 0.4) is 0 Å². The Balaban J connectivity index is 2.54. The Labute approximate surface area is 77.1 Å². The zero-order chi connectivity index (χ0) is 9.14. The van der Waals surface area contributed by atoms with Gasteiger partial charge in [-0.3, -0.25) is 4.90 Å². The SMILES string of the molecule is CC(C)[C@H]1CCCCN1C(C)C. The van der Waals surface area contributed by atoms with Crippen LogP contribution in [0.25, 0.3) is 0 Å². The van der Waals surface area contributed by atoms with Crippen LogP contribution >= 0.6 is 0 Å². The van der Waals surface area contributed by atoms with Gasteiger partial charge in [0.25, 0.3) is 0 Å². The fourth-order valence-electron chi connectivity index (χ4n) is 2.34. The Morgan fingerprint density at radius 3 is 2.17 bits per heavy atom. The van der Waals surface area contributed by atoms with Gasteiger partial charge in [0.15, 0.2) is 0 Å². The first-order chi connectivity index (χ1) is 5.63. The Bertz CT molecular complexity index is 113. The maximum atomic E-state index is 2.67. The van der Waals surface area contributed by atoms with E-state index in [1.165, 1.54) is 25.8 Å². The fourth-order valence-corrected chi connectivity index (χ4v) is 2.34. The summed E-state index contributed by atoms with van der Waals surface area (Å²) >= 11 is 0. The first kappa shape index (κ1) is 10.0. The second-order valence-electron chi connectivity index (χ2n) is 4.64. The standard InChI is InChI=1S/C11H23N/c1-9(2)11-7-5-6-8-12(11)10(3)4/h9-11H,5-8H2,1-4H3/t11-/m1/s1. The molecule has 1 nitrogen and oxygen atoms in total. The van der Waals surface area contributed by atoms with Crippen LogP contribution < -0.4 is 0 Å². The summed E-state index contributed by atoms with van der Waals surface area (Å²) in [6.07, 6.45) is 4.25. The van der Waals surface area contributed by atoms with Crippen LogP contribution in [0.1, 0.15) is 47.0 Å². The summed E-state index contributed by atoms with van der Waals surface area (Å²) in [5, 5.41) is 0. The van der Waals surface area contributed by atoms with Crippen LogP contribution in [-0.4, -0.2) is 23.5 Å². The van der Waals surface area contributed by atoms with E-state index in [1.807, 2.05) is 0 Å². The van der Waals surface area contributed by atoms with Gasteiger partial charge in [0.05, 0.1) is 0 Å². The first-order valence-corrected chi connectivity index (χ1v) is 5.38. The van der Waals surface area contributed by atoms with Crippen molar-refractivity contribution in [3.05, 3.63) is 0 Å². The Kier molecular flexibility index (Phi) is 3.57. The quantitative estimate of drug-likeness (QED) is 0.614. The smallest absolute Gasteiger partial charge is 0.0121 e. The number of piperidine rings is 1. The highest BCUT2D eigenvalue weighted by Crippen LogP contribution is 2.24. The molecular weight excluding hydrogens is 146 g/mol. The van der Waals surface area contributed by atoms with Crippen molar-refractivity contribution in [3.63, 3.8) is 0 Å². The number of nitrogens with zero attached hydrogens (tertiary/aromatic N) is 1. The minimum absolute atomic E-state index is 0.734.